The predicted octanol–water partition coefficient (Wildman–Crippen LogP) is 3.41. The summed E-state index contributed by atoms with van der Waals surface area (Å²) in [6.45, 7) is 6.37. The van der Waals surface area contributed by atoms with Gasteiger partial charge in [-0.2, -0.15) is 0 Å². The highest BCUT2D eigenvalue weighted by Crippen LogP contribution is 2.30. The molecule has 0 radical (unpaired) electrons. The van der Waals surface area contributed by atoms with Crippen LogP contribution in [-0.4, -0.2) is 44.7 Å². The fourth-order valence-corrected chi connectivity index (χ4v) is 3.82. The summed E-state index contributed by atoms with van der Waals surface area (Å²) in [6, 6.07) is 15.0. The van der Waals surface area contributed by atoms with Crippen molar-refractivity contribution in [2.45, 2.75) is 13.0 Å². The highest BCUT2D eigenvalue weighted by Gasteiger charge is 2.21. The van der Waals surface area contributed by atoms with Crippen molar-refractivity contribution >= 4 is 23.8 Å². The quantitative estimate of drug-likeness (QED) is 0.905. The first-order valence-corrected chi connectivity index (χ1v) is 8.80. The van der Waals surface area contributed by atoms with Gasteiger partial charge in [-0.15, -0.1) is 12.4 Å². The van der Waals surface area contributed by atoms with E-state index in [0.29, 0.717) is 0 Å². The largest absolute Gasteiger partial charge is 0.495 e. The molecule has 1 saturated heterocycles. The van der Waals surface area contributed by atoms with Crippen LogP contribution in [0.1, 0.15) is 11.1 Å². The number of rotatable bonds is 4. The van der Waals surface area contributed by atoms with E-state index in [4.69, 9.17) is 4.74 Å². The van der Waals surface area contributed by atoms with Crippen LogP contribution in [0.3, 0.4) is 0 Å². The maximum atomic E-state index is 5.51. The van der Waals surface area contributed by atoms with Crippen LogP contribution in [0.2, 0.25) is 0 Å². The second-order valence-corrected chi connectivity index (χ2v) is 6.56. The van der Waals surface area contributed by atoms with Gasteiger partial charge in [-0.3, -0.25) is 4.90 Å². The first-order chi connectivity index (χ1) is 11.8. The maximum absolute atomic E-state index is 5.51. The monoisotopic (exact) mass is 359 g/mol. The number of ether oxygens (including phenoxy) is 1. The summed E-state index contributed by atoms with van der Waals surface area (Å²) in [5, 5.41) is 3.55. The lowest BCUT2D eigenvalue weighted by Crippen LogP contribution is -2.46. The number of anilines is 2. The molecule has 0 amide bonds. The van der Waals surface area contributed by atoms with Crippen molar-refractivity contribution in [3.63, 3.8) is 0 Å². The van der Waals surface area contributed by atoms with Gasteiger partial charge in [-0.05, 0) is 29.7 Å². The Morgan fingerprint density at radius 3 is 2.60 bits per heavy atom. The lowest BCUT2D eigenvalue weighted by Gasteiger charge is -2.36. The van der Waals surface area contributed by atoms with Crippen LogP contribution in [0.25, 0.3) is 0 Å². The Balaban J connectivity index is 0.00000182. The van der Waals surface area contributed by atoms with Gasteiger partial charge < -0.3 is 15.0 Å². The molecule has 4 nitrogen and oxygen atoms in total. The molecule has 2 aromatic rings. The Morgan fingerprint density at radius 2 is 1.80 bits per heavy atom. The summed E-state index contributed by atoms with van der Waals surface area (Å²) in [5.74, 6) is 0.969. The van der Waals surface area contributed by atoms with Gasteiger partial charge in [0.25, 0.3) is 0 Å². The number of para-hydroxylation sites is 3. The first kappa shape index (κ1) is 17.9. The highest BCUT2D eigenvalue weighted by molar-refractivity contribution is 5.85. The number of benzene rings is 2. The fourth-order valence-electron chi connectivity index (χ4n) is 3.82. The third-order valence-electron chi connectivity index (χ3n) is 5.13. The van der Waals surface area contributed by atoms with Crippen LogP contribution in [0.15, 0.2) is 42.5 Å². The molecule has 0 aromatic heterocycles. The molecule has 1 fully saturated rings. The zero-order valence-electron chi connectivity index (χ0n) is 14.7. The predicted molar refractivity (Wildman–Crippen MR) is 106 cm³/mol. The van der Waals surface area contributed by atoms with Crippen molar-refractivity contribution in [2.24, 2.45) is 0 Å². The zero-order chi connectivity index (χ0) is 16.4. The van der Waals surface area contributed by atoms with Crippen LogP contribution in [0.5, 0.6) is 5.75 Å². The number of piperazine rings is 1. The molecule has 2 aliphatic heterocycles. The molecule has 5 heteroatoms. The SMILES string of the molecule is COc1ccccc1N1CCN(Cc2cccc3c2NCC3)CC1.Cl. The Kier molecular flexibility index (Phi) is 5.71. The first-order valence-electron chi connectivity index (χ1n) is 8.80. The molecule has 2 aliphatic rings. The van der Waals surface area contributed by atoms with Crippen molar-refractivity contribution in [1.82, 2.24) is 4.90 Å². The van der Waals surface area contributed by atoms with Crippen molar-refractivity contribution in [3.8, 4) is 5.75 Å². The normalized spacial score (nSPS) is 16.8. The standard InChI is InChI=1S/C20H25N3O.ClH/c1-24-19-8-3-2-7-18(19)23-13-11-22(12-14-23)15-17-6-4-5-16-9-10-21-20(16)17;/h2-8,21H,9-15H2,1H3;1H. The maximum Gasteiger partial charge on any atom is 0.142 e. The highest BCUT2D eigenvalue weighted by atomic mass is 35.5. The van der Waals surface area contributed by atoms with Crippen LogP contribution in [0, 0.1) is 0 Å². The molecule has 0 atom stereocenters. The van der Waals surface area contributed by atoms with Crippen molar-refractivity contribution in [3.05, 3.63) is 53.6 Å². The van der Waals surface area contributed by atoms with Crippen LogP contribution in [0.4, 0.5) is 11.4 Å². The zero-order valence-corrected chi connectivity index (χ0v) is 15.5. The number of methoxy groups -OCH3 is 1. The summed E-state index contributed by atoms with van der Waals surface area (Å²) in [7, 11) is 1.75. The number of hydrogen-bond acceptors (Lipinski definition) is 4. The third-order valence-corrected chi connectivity index (χ3v) is 5.13. The van der Waals surface area contributed by atoms with Gasteiger partial charge in [-0.25, -0.2) is 0 Å². The van der Waals surface area contributed by atoms with Crippen molar-refractivity contribution < 1.29 is 4.74 Å². The van der Waals surface area contributed by atoms with Crippen LogP contribution in [-0.2, 0) is 13.0 Å². The summed E-state index contributed by atoms with van der Waals surface area (Å²) in [6.07, 6.45) is 1.16. The van der Waals surface area contributed by atoms with E-state index in [0.717, 1.165) is 51.4 Å². The molecule has 0 aliphatic carbocycles. The summed E-state index contributed by atoms with van der Waals surface area (Å²) >= 11 is 0. The Hall–Kier alpha value is -1.91. The van der Waals surface area contributed by atoms with Gasteiger partial charge in [0.1, 0.15) is 5.75 Å². The molecule has 0 unspecified atom stereocenters. The fraction of sp³-hybridized carbons (Fsp3) is 0.400. The van der Waals surface area contributed by atoms with E-state index < -0.39 is 0 Å². The Labute approximate surface area is 156 Å². The number of nitrogens with zero attached hydrogens (tertiary/aromatic N) is 2. The average Bonchev–Trinajstić information content (AvgIpc) is 3.12. The van der Waals surface area contributed by atoms with Gasteiger partial charge in [0, 0.05) is 45.0 Å². The van der Waals surface area contributed by atoms with Gasteiger partial charge >= 0.3 is 0 Å². The number of fused-ring (bicyclic) bond motifs is 1. The van der Waals surface area contributed by atoms with Crippen molar-refractivity contribution in [1.29, 1.82) is 0 Å². The molecule has 1 N–H and O–H groups in total. The van der Waals surface area contributed by atoms with E-state index in [1.165, 1.54) is 22.5 Å². The lowest BCUT2D eigenvalue weighted by atomic mass is 10.1. The van der Waals surface area contributed by atoms with Gasteiger partial charge in [0.05, 0.1) is 12.8 Å². The Morgan fingerprint density at radius 1 is 1.00 bits per heavy atom. The Bertz CT molecular complexity index is 714. The van der Waals surface area contributed by atoms with Crippen molar-refractivity contribution in [2.75, 3.05) is 50.1 Å². The molecule has 25 heavy (non-hydrogen) atoms. The van der Waals surface area contributed by atoms with E-state index >= 15 is 0 Å². The van der Waals surface area contributed by atoms with Gasteiger partial charge in [0.15, 0.2) is 0 Å². The molecule has 134 valence electrons. The lowest BCUT2D eigenvalue weighted by molar-refractivity contribution is 0.249. The molecule has 2 heterocycles. The van der Waals surface area contributed by atoms with E-state index in [-0.39, 0.29) is 12.4 Å². The molecule has 0 spiro atoms. The molecule has 4 rings (SSSR count). The number of nitrogens with one attached hydrogen (secondary N) is 1. The van der Waals surface area contributed by atoms with Gasteiger partial charge in [-0.1, -0.05) is 30.3 Å². The minimum Gasteiger partial charge on any atom is -0.495 e. The molecule has 2 aromatic carbocycles. The van der Waals surface area contributed by atoms with E-state index in [1.807, 2.05) is 12.1 Å². The molecule has 0 bridgehead atoms. The summed E-state index contributed by atoms with van der Waals surface area (Å²) in [4.78, 5) is 4.99. The second-order valence-electron chi connectivity index (χ2n) is 6.56. The van der Waals surface area contributed by atoms with Gasteiger partial charge in [0.2, 0.25) is 0 Å². The topological polar surface area (TPSA) is 27.7 Å². The summed E-state index contributed by atoms with van der Waals surface area (Å²) < 4.78 is 5.51. The number of hydrogen-bond donors (Lipinski definition) is 1. The summed E-state index contributed by atoms with van der Waals surface area (Å²) in [5.41, 5.74) is 5.50. The molecular formula is C20H26ClN3O. The van der Waals surface area contributed by atoms with E-state index in [2.05, 4.69) is 45.4 Å². The minimum atomic E-state index is 0. The van der Waals surface area contributed by atoms with Crippen LogP contribution >= 0.6 is 12.4 Å². The van der Waals surface area contributed by atoms with Crippen LogP contribution < -0.4 is 15.0 Å². The average molecular weight is 360 g/mol. The van der Waals surface area contributed by atoms with E-state index in [1.54, 1.807) is 7.11 Å². The second kappa shape index (κ2) is 7.98. The third kappa shape index (κ3) is 3.70. The molecular weight excluding hydrogens is 334 g/mol. The minimum absolute atomic E-state index is 0. The smallest absolute Gasteiger partial charge is 0.142 e. The van der Waals surface area contributed by atoms with E-state index in [9.17, 15) is 0 Å². The number of halogens is 1. The molecule has 0 saturated carbocycles.